The molecule has 1 fully saturated rings. The Bertz CT molecular complexity index is 390. The van der Waals surface area contributed by atoms with Gasteiger partial charge in [-0.2, -0.15) is 4.98 Å². The van der Waals surface area contributed by atoms with Gasteiger partial charge in [0, 0.05) is 19.1 Å². The minimum Gasteiger partial charge on any atom is -0.432 e. The summed E-state index contributed by atoms with van der Waals surface area (Å²) in [5.41, 5.74) is 0.949. The second kappa shape index (κ2) is 5.74. The summed E-state index contributed by atoms with van der Waals surface area (Å²) < 4.78 is 5.46. The maximum atomic E-state index is 5.46. The van der Waals surface area contributed by atoms with Crippen molar-refractivity contribution in [3.8, 4) is 12.3 Å². The molecule has 4 nitrogen and oxygen atoms in total. The van der Waals surface area contributed by atoms with Gasteiger partial charge in [-0.25, -0.2) is 0 Å². The standard InChI is InChI=1S/C13H19N3O/c1-3-7-16(8-4-2)13-15-12(10-17-13)9-14-11-5-6-11/h1,10-11,14H,4-9H2,2H3. The highest BCUT2D eigenvalue weighted by Gasteiger charge is 2.21. The molecule has 1 saturated carbocycles. The zero-order valence-electron chi connectivity index (χ0n) is 10.3. The molecule has 0 unspecified atom stereocenters. The minimum atomic E-state index is 0.545. The molecule has 1 aromatic rings. The van der Waals surface area contributed by atoms with Crippen LogP contribution in [0, 0.1) is 12.3 Å². The molecular formula is C13H19N3O. The lowest BCUT2D eigenvalue weighted by atomic mass is 10.4. The molecule has 0 bridgehead atoms. The van der Waals surface area contributed by atoms with Crippen molar-refractivity contribution in [2.45, 2.75) is 38.8 Å². The van der Waals surface area contributed by atoms with E-state index in [1.54, 1.807) is 6.26 Å². The molecule has 1 aliphatic rings. The fourth-order valence-corrected chi connectivity index (χ4v) is 1.68. The Morgan fingerprint density at radius 1 is 1.65 bits per heavy atom. The Balaban J connectivity index is 1.91. The normalized spacial score (nSPS) is 14.6. The SMILES string of the molecule is C#CCN(CCC)c1nc(CNC2CC2)co1. The second-order valence-electron chi connectivity index (χ2n) is 4.40. The van der Waals surface area contributed by atoms with E-state index in [0.29, 0.717) is 18.6 Å². The number of terminal acetylenes is 1. The van der Waals surface area contributed by atoms with E-state index in [4.69, 9.17) is 10.8 Å². The molecular weight excluding hydrogens is 214 g/mol. The summed E-state index contributed by atoms with van der Waals surface area (Å²) in [5.74, 6) is 2.63. The summed E-state index contributed by atoms with van der Waals surface area (Å²) in [6, 6.07) is 1.32. The highest BCUT2D eigenvalue weighted by molar-refractivity contribution is 5.29. The second-order valence-corrected chi connectivity index (χ2v) is 4.40. The molecule has 1 aliphatic carbocycles. The average Bonchev–Trinajstić information content (AvgIpc) is 3.04. The van der Waals surface area contributed by atoms with E-state index in [2.05, 4.69) is 23.1 Å². The average molecular weight is 233 g/mol. The van der Waals surface area contributed by atoms with Gasteiger partial charge in [-0.15, -0.1) is 6.42 Å². The highest BCUT2D eigenvalue weighted by atomic mass is 16.4. The Hall–Kier alpha value is -1.47. The molecule has 1 aromatic heterocycles. The van der Waals surface area contributed by atoms with E-state index in [9.17, 15) is 0 Å². The van der Waals surface area contributed by atoms with Crippen molar-refractivity contribution in [3.05, 3.63) is 12.0 Å². The third-order valence-corrected chi connectivity index (χ3v) is 2.74. The molecule has 0 spiro atoms. The first-order valence-electron chi connectivity index (χ1n) is 6.19. The van der Waals surface area contributed by atoms with Gasteiger partial charge in [0.25, 0.3) is 6.01 Å². The third-order valence-electron chi connectivity index (χ3n) is 2.74. The Morgan fingerprint density at radius 2 is 2.47 bits per heavy atom. The number of oxazole rings is 1. The summed E-state index contributed by atoms with van der Waals surface area (Å²) >= 11 is 0. The van der Waals surface area contributed by atoms with Crippen molar-refractivity contribution in [2.24, 2.45) is 0 Å². The van der Waals surface area contributed by atoms with Crippen LogP contribution in [0.3, 0.4) is 0 Å². The largest absolute Gasteiger partial charge is 0.432 e. The number of anilines is 1. The maximum Gasteiger partial charge on any atom is 0.298 e. The maximum absolute atomic E-state index is 5.46. The van der Waals surface area contributed by atoms with E-state index in [-0.39, 0.29) is 0 Å². The molecule has 92 valence electrons. The predicted molar refractivity (Wildman–Crippen MR) is 67.7 cm³/mol. The van der Waals surface area contributed by atoms with E-state index < -0.39 is 0 Å². The number of hydrogen-bond donors (Lipinski definition) is 1. The van der Waals surface area contributed by atoms with Crippen LogP contribution in [0.15, 0.2) is 10.7 Å². The van der Waals surface area contributed by atoms with Gasteiger partial charge in [0.05, 0.1) is 12.2 Å². The number of nitrogens with zero attached hydrogens (tertiary/aromatic N) is 2. The number of hydrogen-bond acceptors (Lipinski definition) is 4. The van der Waals surface area contributed by atoms with Gasteiger partial charge in [-0.3, -0.25) is 0 Å². The van der Waals surface area contributed by atoms with E-state index in [1.807, 2.05) is 4.90 Å². The van der Waals surface area contributed by atoms with Gasteiger partial charge >= 0.3 is 0 Å². The summed E-state index contributed by atoms with van der Waals surface area (Å²) in [6.07, 6.45) is 10.6. The molecule has 1 heterocycles. The summed E-state index contributed by atoms with van der Waals surface area (Å²) in [5, 5.41) is 3.41. The Labute approximate surface area is 102 Å². The lowest BCUT2D eigenvalue weighted by Gasteiger charge is -2.15. The van der Waals surface area contributed by atoms with Crippen LogP contribution in [0.25, 0.3) is 0 Å². The molecule has 17 heavy (non-hydrogen) atoms. The van der Waals surface area contributed by atoms with Gasteiger partial charge in [-0.1, -0.05) is 12.8 Å². The van der Waals surface area contributed by atoms with E-state index in [1.165, 1.54) is 12.8 Å². The van der Waals surface area contributed by atoms with Gasteiger partial charge < -0.3 is 14.6 Å². The zero-order chi connectivity index (χ0) is 12.1. The molecule has 0 aromatic carbocycles. The molecule has 4 heteroatoms. The first-order valence-corrected chi connectivity index (χ1v) is 6.19. The Kier molecular flexibility index (Phi) is 4.05. The minimum absolute atomic E-state index is 0.545. The molecule has 0 atom stereocenters. The molecule has 0 radical (unpaired) electrons. The van der Waals surface area contributed by atoms with Crippen molar-refractivity contribution in [3.63, 3.8) is 0 Å². The van der Waals surface area contributed by atoms with Gasteiger partial charge in [0.2, 0.25) is 0 Å². The lowest BCUT2D eigenvalue weighted by molar-refractivity contribution is 0.537. The van der Waals surface area contributed by atoms with E-state index in [0.717, 1.165) is 25.2 Å². The topological polar surface area (TPSA) is 41.3 Å². The molecule has 2 rings (SSSR count). The first kappa shape index (κ1) is 12.0. The highest BCUT2D eigenvalue weighted by Crippen LogP contribution is 2.20. The fraction of sp³-hybridized carbons (Fsp3) is 0.615. The first-order chi connectivity index (χ1) is 8.33. The quantitative estimate of drug-likeness (QED) is 0.729. The third kappa shape index (κ3) is 3.50. The van der Waals surface area contributed by atoms with Gasteiger partial charge in [0.15, 0.2) is 0 Å². The molecule has 0 amide bonds. The monoisotopic (exact) mass is 233 g/mol. The van der Waals surface area contributed by atoms with Crippen molar-refractivity contribution in [1.82, 2.24) is 10.3 Å². The van der Waals surface area contributed by atoms with Crippen molar-refractivity contribution in [1.29, 1.82) is 0 Å². The van der Waals surface area contributed by atoms with Crippen LogP contribution in [0.1, 0.15) is 31.9 Å². The van der Waals surface area contributed by atoms with Crippen LogP contribution in [-0.4, -0.2) is 24.1 Å². The smallest absolute Gasteiger partial charge is 0.298 e. The summed E-state index contributed by atoms with van der Waals surface area (Å²) in [6.45, 7) is 4.32. The Morgan fingerprint density at radius 3 is 3.12 bits per heavy atom. The predicted octanol–water partition coefficient (Wildman–Crippen LogP) is 1.78. The van der Waals surface area contributed by atoms with Crippen molar-refractivity contribution >= 4 is 6.01 Å². The number of nitrogens with one attached hydrogen (secondary N) is 1. The van der Waals surface area contributed by atoms with Gasteiger partial charge in [-0.05, 0) is 19.3 Å². The van der Waals surface area contributed by atoms with Crippen LogP contribution in [0.2, 0.25) is 0 Å². The summed E-state index contributed by atoms with van der Waals surface area (Å²) in [7, 11) is 0. The molecule has 0 aliphatic heterocycles. The lowest BCUT2D eigenvalue weighted by Crippen LogP contribution is -2.24. The number of aromatic nitrogens is 1. The van der Waals surface area contributed by atoms with Crippen LogP contribution < -0.4 is 10.2 Å². The van der Waals surface area contributed by atoms with Crippen molar-refractivity contribution in [2.75, 3.05) is 18.0 Å². The molecule has 0 saturated heterocycles. The van der Waals surface area contributed by atoms with E-state index >= 15 is 0 Å². The van der Waals surface area contributed by atoms with Crippen molar-refractivity contribution < 1.29 is 4.42 Å². The van der Waals surface area contributed by atoms with Crippen LogP contribution in [0.5, 0.6) is 0 Å². The number of rotatable bonds is 7. The fourth-order valence-electron chi connectivity index (χ4n) is 1.68. The molecule has 1 N–H and O–H groups in total. The summed E-state index contributed by atoms with van der Waals surface area (Å²) in [4.78, 5) is 6.44. The van der Waals surface area contributed by atoms with Crippen LogP contribution in [-0.2, 0) is 6.54 Å². The zero-order valence-corrected chi connectivity index (χ0v) is 10.3. The van der Waals surface area contributed by atoms with Gasteiger partial charge in [0.1, 0.15) is 6.26 Å². The van der Waals surface area contributed by atoms with Crippen LogP contribution in [0.4, 0.5) is 6.01 Å². The van der Waals surface area contributed by atoms with Crippen LogP contribution >= 0.6 is 0 Å².